The first-order chi connectivity index (χ1) is 8.11. The molecule has 0 atom stereocenters. The smallest absolute Gasteiger partial charge is 0.238 e. The van der Waals surface area contributed by atoms with Crippen LogP contribution in [0, 0.1) is 0 Å². The van der Waals surface area contributed by atoms with E-state index in [0.717, 1.165) is 12.3 Å². The number of benzene rings is 1. The summed E-state index contributed by atoms with van der Waals surface area (Å²) in [6, 6.07) is 7.26. The molecule has 0 aliphatic rings. The van der Waals surface area contributed by atoms with Crippen LogP contribution in [0.15, 0.2) is 24.3 Å². The van der Waals surface area contributed by atoms with E-state index in [2.05, 4.69) is 5.32 Å². The molecule has 0 aromatic heterocycles. The summed E-state index contributed by atoms with van der Waals surface area (Å²) in [7, 11) is 3.97. The van der Waals surface area contributed by atoms with Crippen LogP contribution in [0.4, 0.5) is 5.69 Å². The zero-order chi connectivity index (χ0) is 12.7. The fourth-order valence-corrected chi connectivity index (χ4v) is 1.22. The largest absolute Gasteiger partial charge is 0.492 e. The van der Waals surface area contributed by atoms with Gasteiger partial charge in [0.15, 0.2) is 0 Å². The van der Waals surface area contributed by atoms with Gasteiger partial charge < -0.3 is 20.7 Å². The number of rotatable bonds is 6. The van der Waals surface area contributed by atoms with E-state index in [1.54, 1.807) is 12.1 Å². The maximum atomic E-state index is 11.1. The van der Waals surface area contributed by atoms with Crippen LogP contribution in [-0.2, 0) is 4.79 Å². The monoisotopic (exact) mass is 237 g/mol. The number of amides is 1. The van der Waals surface area contributed by atoms with Crippen LogP contribution < -0.4 is 15.8 Å². The number of carbonyl (C=O) groups excluding carboxylic acids is 1. The number of anilines is 1. The Kier molecular flexibility index (Phi) is 5.45. The van der Waals surface area contributed by atoms with Crippen molar-refractivity contribution in [2.75, 3.05) is 39.1 Å². The lowest BCUT2D eigenvalue weighted by atomic mass is 10.3. The molecule has 5 nitrogen and oxygen atoms in total. The molecule has 5 heteroatoms. The fourth-order valence-electron chi connectivity index (χ4n) is 1.22. The van der Waals surface area contributed by atoms with Crippen molar-refractivity contribution in [1.82, 2.24) is 4.90 Å². The van der Waals surface area contributed by atoms with E-state index in [1.165, 1.54) is 0 Å². The molecule has 0 aliphatic carbocycles. The minimum absolute atomic E-state index is 0.0221. The predicted molar refractivity (Wildman–Crippen MR) is 68.2 cm³/mol. The van der Waals surface area contributed by atoms with Crippen LogP contribution in [-0.4, -0.2) is 44.6 Å². The number of nitrogens with zero attached hydrogens (tertiary/aromatic N) is 1. The Labute approximate surface area is 102 Å². The van der Waals surface area contributed by atoms with E-state index >= 15 is 0 Å². The second kappa shape index (κ2) is 6.88. The molecule has 94 valence electrons. The average molecular weight is 237 g/mol. The Morgan fingerprint density at radius 3 is 2.88 bits per heavy atom. The van der Waals surface area contributed by atoms with Gasteiger partial charge in [-0.05, 0) is 26.2 Å². The highest BCUT2D eigenvalue weighted by molar-refractivity contribution is 5.92. The zero-order valence-electron chi connectivity index (χ0n) is 10.3. The first kappa shape index (κ1) is 13.5. The molecule has 1 rings (SSSR count). The summed E-state index contributed by atoms with van der Waals surface area (Å²) < 4.78 is 5.55. The van der Waals surface area contributed by atoms with Gasteiger partial charge in [-0.25, -0.2) is 0 Å². The minimum atomic E-state index is -0.213. The Morgan fingerprint density at radius 2 is 2.24 bits per heavy atom. The Morgan fingerprint density at radius 1 is 1.47 bits per heavy atom. The van der Waals surface area contributed by atoms with Crippen molar-refractivity contribution in [2.45, 2.75) is 0 Å². The van der Waals surface area contributed by atoms with E-state index in [-0.39, 0.29) is 12.5 Å². The third-order valence-corrected chi connectivity index (χ3v) is 2.11. The van der Waals surface area contributed by atoms with Crippen LogP contribution in [0.2, 0.25) is 0 Å². The summed E-state index contributed by atoms with van der Waals surface area (Å²) in [6.45, 7) is 1.44. The summed E-state index contributed by atoms with van der Waals surface area (Å²) in [5.74, 6) is 0.525. The highest BCUT2D eigenvalue weighted by Crippen LogP contribution is 2.17. The van der Waals surface area contributed by atoms with Gasteiger partial charge in [0.05, 0.1) is 6.54 Å². The lowest BCUT2D eigenvalue weighted by Crippen LogP contribution is -2.22. The van der Waals surface area contributed by atoms with Crippen molar-refractivity contribution < 1.29 is 9.53 Å². The number of likely N-dealkylation sites (N-methyl/N-ethyl adjacent to an activating group) is 1. The first-order valence-electron chi connectivity index (χ1n) is 5.49. The average Bonchev–Trinajstić information content (AvgIpc) is 2.29. The predicted octanol–water partition coefficient (Wildman–Crippen LogP) is 0.524. The molecular weight excluding hydrogens is 218 g/mol. The van der Waals surface area contributed by atoms with Gasteiger partial charge in [0.25, 0.3) is 0 Å². The second-order valence-electron chi connectivity index (χ2n) is 3.93. The van der Waals surface area contributed by atoms with Crippen LogP contribution in [0.3, 0.4) is 0 Å². The van der Waals surface area contributed by atoms with Crippen LogP contribution in [0.5, 0.6) is 5.75 Å². The molecule has 0 heterocycles. The third kappa shape index (κ3) is 5.33. The van der Waals surface area contributed by atoms with Gasteiger partial charge in [0, 0.05) is 18.3 Å². The number of ether oxygens (including phenoxy) is 1. The van der Waals surface area contributed by atoms with Crippen molar-refractivity contribution in [3.8, 4) is 5.75 Å². The zero-order valence-corrected chi connectivity index (χ0v) is 10.3. The van der Waals surface area contributed by atoms with Gasteiger partial charge in [0.1, 0.15) is 12.4 Å². The summed E-state index contributed by atoms with van der Waals surface area (Å²) in [6.07, 6.45) is 0. The van der Waals surface area contributed by atoms with Crippen molar-refractivity contribution in [2.24, 2.45) is 5.73 Å². The van der Waals surface area contributed by atoms with Crippen LogP contribution in [0.25, 0.3) is 0 Å². The van der Waals surface area contributed by atoms with Gasteiger partial charge >= 0.3 is 0 Å². The fraction of sp³-hybridized carbons (Fsp3) is 0.417. The van der Waals surface area contributed by atoms with Crippen molar-refractivity contribution in [3.63, 3.8) is 0 Å². The number of hydrogen-bond donors (Lipinski definition) is 2. The van der Waals surface area contributed by atoms with E-state index < -0.39 is 0 Å². The molecule has 0 unspecified atom stereocenters. The van der Waals surface area contributed by atoms with Crippen molar-refractivity contribution in [3.05, 3.63) is 24.3 Å². The van der Waals surface area contributed by atoms with Gasteiger partial charge in [-0.3, -0.25) is 4.79 Å². The summed E-state index contributed by atoms with van der Waals surface area (Å²) in [5, 5.41) is 2.68. The van der Waals surface area contributed by atoms with E-state index in [9.17, 15) is 4.79 Å². The van der Waals surface area contributed by atoms with Crippen LogP contribution >= 0.6 is 0 Å². The Balaban J connectivity index is 2.50. The van der Waals surface area contributed by atoms with Crippen molar-refractivity contribution >= 4 is 11.6 Å². The Hall–Kier alpha value is -1.59. The molecule has 0 fully saturated rings. The highest BCUT2D eigenvalue weighted by atomic mass is 16.5. The second-order valence-corrected chi connectivity index (χ2v) is 3.93. The summed E-state index contributed by atoms with van der Waals surface area (Å²) >= 11 is 0. The lowest BCUT2D eigenvalue weighted by molar-refractivity contribution is -0.114. The van der Waals surface area contributed by atoms with Gasteiger partial charge in [0.2, 0.25) is 5.91 Å². The molecule has 1 aromatic carbocycles. The lowest BCUT2D eigenvalue weighted by Gasteiger charge is -2.11. The van der Waals surface area contributed by atoms with Crippen LogP contribution in [0.1, 0.15) is 0 Å². The van der Waals surface area contributed by atoms with E-state index in [1.807, 2.05) is 31.1 Å². The molecule has 0 bridgehead atoms. The van der Waals surface area contributed by atoms with Gasteiger partial charge in [-0.1, -0.05) is 6.07 Å². The molecule has 3 N–H and O–H groups in total. The van der Waals surface area contributed by atoms with E-state index in [4.69, 9.17) is 10.5 Å². The molecule has 17 heavy (non-hydrogen) atoms. The number of carbonyl (C=O) groups is 1. The van der Waals surface area contributed by atoms with Crippen molar-refractivity contribution in [1.29, 1.82) is 0 Å². The molecule has 0 aliphatic heterocycles. The number of nitrogens with one attached hydrogen (secondary N) is 1. The molecule has 0 spiro atoms. The molecule has 1 aromatic rings. The maximum Gasteiger partial charge on any atom is 0.238 e. The van der Waals surface area contributed by atoms with Gasteiger partial charge in [-0.15, -0.1) is 0 Å². The SMILES string of the molecule is CN(C)CCOc1cccc(NC(=O)CN)c1. The minimum Gasteiger partial charge on any atom is -0.492 e. The van der Waals surface area contributed by atoms with E-state index in [0.29, 0.717) is 12.3 Å². The summed E-state index contributed by atoms with van der Waals surface area (Å²) in [4.78, 5) is 13.2. The highest BCUT2D eigenvalue weighted by Gasteiger charge is 2.01. The van der Waals surface area contributed by atoms with Gasteiger partial charge in [-0.2, -0.15) is 0 Å². The molecule has 0 saturated carbocycles. The summed E-state index contributed by atoms with van der Waals surface area (Å²) in [5.41, 5.74) is 5.92. The molecule has 1 amide bonds. The Bertz CT molecular complexity index is 367. The molecule has 0 saturated heterocycles. The quantitative estimate of drug-likeness (QED) is 0.757. The topological polar surface area (TPSA) is 67.6 Å². The standard InChI is InChI=1S/C12H19N3O2/c1-15(2)6-7-17-11-5-3-4-10(8-11)14-12(16)9-13/h3-5,8H,6-7,9,13H2,1-2H3,(H,14,16). The normalized spacial score (nSPS) is 10.4. The molecular formula is C12H19N3O2. The first-order valence-corrected chi connectivity index (χ1v) is 5.49. The number of hydrogen-bond acceptors (Lipinski definition) is 4. The third-order valence-electron chi connectivity index (χ3n) is 2.11. The number of nitrogens with two attached hydrogens (primary N) is 1. The maximum absolute atomic E-state index is 11.1. The molecule has 0 radical (unpaired) electrons.